The molecule has 0 heterocycles. The number of hydrogen-bond donors (Lipinski definition) is 1. The van der Waals surface area contributed by atoms with Crippen LogP contribution in [-0.2, 0) is 11.8 Å². The maximum Gasteiger partial charge on any atom is 0.119 e. The maximum atomic E-state index is 9.92. The van der Waals surface area contributed by atoms with Gasteiger partial charge >= 0.3 is 0 Å². The van der Waals surface area contributed by atoms with E-state index in [1.165, 1.54) is 16.7 Å². The molecule has 106 valence electrons. The van der Waals surface area contributed by atoms with Gasteiger partial charge in [0.1, 0.15) is 5.75 Å². The Morgan fingerprint density at radius 3 is 2.50 bits per heavy atom. The highest BCUT2D eigenvalue weighted by molar-refractivity contribution is 5.37. The summed E-state index contributed by atoms with van der Waals surface area (Å²) in [6.45, 7) is 4.32. The number of rotatable bonds is 5. The third kappa shape index (κ3) is 3.02. The molecule has 2 heteroatoms. The second kappa shape index (κ2) is 6.10. The second-order valence-corrected chi connectivity index (χ2v) is 5.56. The third-order valence-corrected chi connectivity index (χ3v) is 3.87. The summed E-state index contributed by atoms with van der Waals surface area (Å²) in [7, 11) is 1.67. The van der Waals surface area contributed by atoms with E-state index in [0.29, 0.717) is 0 Å². The van der Waals surface area contributed by atoms with Crippen molar-refractivity contribution in [3.63, 3.8) is 0 Å². The Morgan fingerprint density at radius 2 is 1.85 bits per heavy atom. The molecule has 1 atom stereocenters. The molecule has 1 N–H and O–H groups in total. The molecule has 0 spiro atoms. The average Bonchev–Trinajstić information content (AvgIpc) is 2.47. The summed E-state index contributed by atoms with van der Waals surface area (Å²) in [5.41, 5.74) is 3.30. The highest BCUT2D eigenvalue weighted by atomic mass is 16.5. The number of aryl methyl sites for hydroxylation is 1. The topological polar surface area (TPSA) is 29.5 Å². The number of aliphatic hydroxyl groups excluding tert-OH is 1. The van der Waals surface area contributed by atoms with Crippen LogP contribution in [0, 0.1) is 6.92 Å². The molecule has 0 aliphatic carbocycles. The van der Waals surface area contributed by atoms with Crippen LogP contribution in [0.1, 0.15) is 23.6 Å². The molecule has 0 fully saturated rings. The van der Waals surface area contributed by atoms with Gasteiger partial charge in [-0.1, -0.05) is 43.3 Å². The van der Waals surface area contributed by atoms with Gasteiger partial charge in [0.15, 0.2) is 0 Å². The van der Waals surface area contributed by atoms with E-state index in [9.17, 15) is 5.11 Å². The molecule has 0 radical (unpaired) electrons. The number of benzene rings is 2. The second-order valence-electron chi connectivity index (χ2n) is 5.56. The van der Waals surface area contributed by atoms with Crippen molar-refractivity contribution in [1.29, 1.82) is 0 Å². The Bertz CT molecular complexity index is 577. The molecule has 0 aliphatic heterocycles. The first-order valence-corrected chi connectivity index (χ1v) is 6.89. The summed E-state index contributed by atoms with van der Waals surface area (Å²) < 4.78 is 5.27. The SMILES string of the molecule is COc1cccc(CC(C)(CO)c2ccccc2C)c1. The van der Waals surface area contributed by atoms with Crippen LogP contribution in [0.5, 0.6) is 5.75 Å². The average molecular weight is 270 g/mol. The number of hydrogen-bond acceptors (Lipinski definition) is 2. The van der Waals surface area contributed by atoms with E-state index in [1.54, 1.807) is 7.11 Å². The minimum absolute atomic E-state index is 0.120. The molecular weight excluding hydrogens is 248 g/mol. The summed E-state index contributed by atoms with van der Waals surface area (Å²) in [4.78, 5) is 0. The van der Waals surface area contributed by atoms with Crippen LogP contribution in [0.25, 0.3) is 0 Å². The van der Waals surface area contributed by atoms with Gasteiger partial charge in [0.2, 0.25) is 0 Å². The highest BCUT2D eigenvalue weighted by Gasteiger charge is 2.27. The van der Waals surface area contributed by atoms with Crippen LogP contribution in [0.4, 0.5) is 0 Å². The van der Waals surface area contributed by atoms with Crippen LogP contribution in [-0.4, -0.2) is 18.8 Å². The van der Waals surface area contributed by atoms with Gasteiger partial charge < -0.3 is 9.84 Å². The molecule has 0 aromatic heterocycles. The van der Waals surface area contributed by atoms with Crippen LogP contribution in [0.3, 0.4) is 0 Å². The van der Waals surface area contributed by atoms with Crippen molar-refractivity contribution in [2.24, 2.45) is 0 Å². The normalized spacial score (nSPS) is 13.8. The van der Waals surface area contributed by atoms with Gasteiger partial charge in [-0.2, -0.15) is 0 Å². The lowest BCUT2D eigenvalue weighted by Gasteiger charge is -2.30. The molecule has 0 amide bonds. The van der Waals surface area contributed by atoms with Crippen molar-refractivity contribution in [1.82, 2.24) is 0 Å². The third-order valence-electron chi connectivity index (χ3n) is 3.87. The Labute approximate surface area is 121 Å². The Morgan fingerprint density at radius 1 is 1.10 bits per heavy atom. The van der Waals surface area contributed by atoms with Gasteiger partial charge in [-0.05, 0) is 42.2 Å². The fraction of sp³-hybridized carbons (Fsp3) is 0.333. The zero-order valence-electron chi connectivity index (χ0n) is 12.4. The molecule has 0 aliphatic rings. The predicted octanol–water partition coefficient (Wildman–Crippen LogP) is 3.50. The molecule has 0 saturated heterocycles. The standard InChI is InChI=1S/C18H22O2/c1-14-7-4-5-10-17(14)18(2,13-19)12-15-8-6-9-16(11-15)20-3/h4-11,19H,12-13H2,1-3H3. The lowest BCUT2D eigenvalue weighted by Crippen LogP contribution is -2.30. The van der Waals surface area contributed by atoms with Crippen molar-refractivity contribution in [3.05, 3.63) is 65.2 Å². The van der Waals surface area contributed by atoms with E-state index in [0.717, 1.165) is 12.2 Å². The minimum Gasteiger partial charge on any atom is -0.497 e. The smallest absolute Gasteiger partial charge is 0.119 e. The van der Waals surface area contributed by atoms with Gasteiger partial charge in [0.05, 0.1) is 13.7 Å². The zero-order chi connectivity index (χ0) is 14.6. The molecule has 1 unspecified atom stereocenters. The van der Waals surface area contributed by atoms with Crippen molar-refractivity contribution < 1.29 is 9.84 Å². The summed E-state index contributed by atoms with van der Waals surface area (Å²) >= 11 is 0. The lowest BCUT2D eigenvalue weighted by atomic mass is 9.76. The lowest BCUT2D eigenvalue weighted by molar-refractivity contribution is 0.204. The maximum absolute atomic E-state index is 9.92. The zero-order valence-corrected chi connectivity index (χ0v) is 12.4. The summed E-state index contributed by atoms with van der Waals surface area (Å²) in [5, 5.41) is 9.92. The molecule has 0 saturated carbocycles. The summed E-state index contributed by atoms with van der Waals surface area (Å²) in [6.07, 6.45) is 0.783. The van der Waals surface area contributed by atoms with Gasteiger partial charge in [0, 0.05) is 5.41 Å². The fourth-order valence-electron chi connectivity index (χ4n) is 2.72. The van der Waals surface area contributed by atoms with Gasteiger partial charge in [-0.15, -0.1) is 0 Å². The molecule has 20 heavy (non-hydrogen) atoms. The predicted molar refractivity (Wildman–Crippen MR) is 82.3 cm³/mol. The molecule has 2 aromatic carbocycles. The number of aliphatic hydroxyl groups is 1. The minimum atomic E-state index is -0.280. The monoisotopic (exact) mass is 270 g/mol. The Kier molecular flexibility index (Phi) is 4.46. The molecule has 2 nitrogen and oxygen atoms in total. The van der Waals surface area contributed by atoms with Gasteiger partial charge in [0.25, 0.3) is 0 Å². The summed E-state index contributed by atoms with van der Waals surface area (Å²) in [5.74, 6) is 0.854. The van der Waals surface area contributed by atoms with Gasteiger partial charge in [-0.3, -0.25) is 0 Å². The molecule has 2 rings (SSSR count). The Hall–Kier alpha value is -1.80. The van der Waals surface area contributed by atoms with E-state index in [1.807, 2.05) is 30.3 Å². The highest BCUT2D eigenvalue weighted by Crippen LogP contribution is 2.31. The molecular formula is C18H22O2. The molecule has 0 bridgehead atoms. The van der Waals surface area contributed by atoms with Crippen molar-refractivity contribution in [2.75, 3.05) is 13.7 Å². The van der Waals surface area contributed by atoms with Crippen LogP contribution in [0.15, 0.2) is 48.5 Å². The number of methoxy groups -OCH3 is 1. The summed E-state index contributed by atoms with van der Waals surface area (Å²) in [6, 6.07) is 16.3. The molecule has 2 aromatic rings. The van der Waals surface area contributed by atoms with Crippen LogP contribution < -0.4 is 4.74 Å². The van der Waals surface area contributed by atoms with E-state index >= 15 is 0 Å². The van der Waals surface area contributed by atoms with Crippen molar-refractivity contribution in [3.8, 4) is 5.75 Å². The first-order chi connectivity index (χ1) is 9.59. The van der Waals surface area contributed by atoms with E-state index in [2.05, 4.69) is 32.0 Å². The quantitative estimate of drug-likeness (QED) is 0.901. The van der Waals surface area contributed by atoms with Crippen molar-refractivity contribution >= 4 is 0 Å². The van der Waals surface area contributed by atoms with Crippen LogP contribution in [0.2, 0.25) is 0 Å². The largest absolute Gasteiger partial charge is 0.497 e. The first kappa shape index (κ1) is 14.6. The van der Waals surface area contributed by atoms with E-state index in [4.69, 9.17) is 4.74 Å². The van der Waals surface area contributed by atoms with E-state index in [-0.39, 0.29) is 12.0 Å². The number of ether oxygens (including phenoxy) is 1. The Balaban J connectivity index is 2.34. The van der Waals surface area contributed by atoms with Crippen molar-refractivity contribution in [2.45, 2.75) is 25.7 Å². The van der Waals surface area contributed by atoms with Gasteiger partial charge in [-0.25, -0.2) is 0 Å². The van der Waals surface area contributed by atoms with Crippen LogP contribution >= 0.6 is 0 Å². The fourth-order valence-corrected chi connectivity index (χ4v) is 2.72. The van der Waals surface area contributed by atoms with E-state index < -0.39 is 0 Å². The first-order valence-electron chi connectivity index (χ1n) is 6.89.